The van der Waals surface area contributed by atoms with Gasteiger partial charge in [0.1, 0.15) is 0 Å². The van der Waals surface area contributed by atoms with E-state index in [-0.39, 0.29) is 0 Å². The van der Waals surface area contributed by atoms with Crippen LogP contribution in [0.5, 0.6) is 0 Å². The second-order valence-electron chi connectivity index (χ2n) is 5.28. The van der Waals surface area contributed by atoms with Crippen molar-refractivity contribution in [3.05, 3.63) is 22.2 Å². The van der Waals surface area contributed by atoms with Crippen molar-refractivity contribution in [3.63, 3.8) is 0 Å². The molecule has 2 nitrogen and oxygen atoms in total. The summed E-state index contributed by atoms with van der Waals surface area (Å²) in [4.78, 5) is 0. The van der Waals surface area contributed by atoms with Gasteiger partial charge in [-0.1, -0.05) is 29.6 Å². The maximum Gasteiger partial charge on any atom is 0.0614 e. The summed E-state index contributed by atoms with van der Waals surface area (Å²) in [6.07, 6.45) is 5.40. The van der Waals surface area contributed by atoms with Crippen LogP contribution in [0.25, 0.3) is 0 Å². The summed E-state index contributed by atoms with van der Waals surface area (Å²) in [5.41, 5.74) is 7.57. The van der Waals surface area contributed by atoms with E-state index in [1.807, 2.05) is 6.07 Å². The lowest BCUT2D eigenvalue weighted by Crippen LogP contribution is -2.26. The average Bonchev–Trinajstić information content (AvgIpc) is 2.87. The number of anilines is 2. The van der Waals surface area contributed by atoms with Gasteiger partial charge in [-0.3, -0.25) is 0 Å². The fraction of sp³-hybridized carbons (Fsp3) is 0.538. The molecule has 0 amide bonds. The lowest BCUT2D eigenvalue weighted by molar-refractivity contribution is 0.440. The van der Waals surface area contributed by atoms with Gasteiger partial charge in [-0.25, -0.2) is 0 Å². The zero-order chi connectivity index (χ0) is 12.0. The number of nitrogens with one attached hydrogen (secondary N) is 1. The highest BCUT2D eigenvalue weighted by Crippen LogP contribution is 2.46. The minimum atomic E-state index is 0.516. The average molecular weight is 271 g/mol. The monoisotopic (exact) mass is 270 g/mol. The predicted octanol–water partition coefficient (Wildman–Crippen LogP) is 4.18. The van der Waals surface area contributed by atoms with Gasteiger partial charge in [-0.2, -0.15) is 0 Å². The number of halogens is 2. The van der Waals surface area contributed by atoms with Gasteiger partial charge in [0.25, 0.3) is 0 Å². The first kappa shape index (κ1) is 11.5. The van der Waals surface area contributed by atoms with Crippen LogP contribution in [0.4, 0.5) is 11.4 Å². The Kier molecular flexibility index (Phi) is 2.87. The second-order valence-corrected chi connectivity index (χ2v) is 6.09. The van der Waals surface area contributed by atoms with E-state index in [0.29, 0.717) is 21.8 Å². The minimum Gasteiger partial charge on any atom is -0.397 e. The van der Waals surface area contributed by atoms with Gasteiger partial charge in [0.15, 0.2) is 0 Å². The molecule has 0 aliphatic heterocycles. The van der Waals surface area contributed by atoms with E-state index >= 15 is 0 Å². The number of benzene rings is 1. The van der Waals surface area contributed by atoms with Crippen molar-refractivity contribution in [2.24, 2.45) is 11.8 Å². The van der Waals surface area contributed by atoms with E-state index in [4.69, 9.17) is 28.9 Å². The van der Waals surface area contributed by atoms with Gasteiger partial charge in [-0.05, 0) is 43.2 Å². The van der Waals surface area contributed by atoms with Crippen molar-refractivity contribution < 1.29 is 0 Å². The number of hydrogen-bond acceptors (Lipinski definition) is 2. The topological polar surface area (TPSA) is 38.0 Å². The number of fused-ring (bicyclic) bond motifs is 2. The Morgan fingerprint density at radius 1 is 1.12 bits per heavy atom. The first-order valence-corrected chi connectivity index (χ1v) is 6.90. The Hall–Kier alpha value is -0.600. The van der Waals surface area contributed by atoms with Crippen LogP contribution in [0.3, 0.4) is 0 Å². The van der Waals surface area contributed by atoms with Crippen molar-refractivity contribution >= 4 is 34.6 Å². The first-order valence-electron chi connectivity index (χ1n) is 6.14. The summed E-state index contributed by atoms with van der Waals surface area (Å²) in [6.45, 7) is 0. The maximum atomic E-state index is 6.02. The van der Waals surface area contributed by atoms with Gasteiger partial charge < -0.3 is 11.1 Å². The van der Waals surface area contributed by atoms with Crippen molar-refractivity contribution in [1.29, 1.82) is 0 Å². The minimum absolute atomic E-state index is 0.516. The number of nitrogen functional groups attached to an aromatic ring is 1. The van der Waals surface area contributed by atoms with Crippen LogP contribution >= 0.6 is 23.2 Å². The molecule has 2 fully saturated rings. The molecule has 3 rings (SSSR count). The largest absolute Gasteiger partial charge is 0.397 e. The zero-order valence-corrected chi connectivity index (χ0v) is 11.1. The van der Waals surface area contributed by atoms with Crippen LogP contribution in [0.15, 0.2) is 12.1 Å². The molecule has 1 aromatic rings. The molecule has 92 valence electrons. The van der Waals surface area contributed by atoms with Crippen molar-refractivity contribution in [2.75, 3.05) is 11.1 Å². The molecule has 3 atom stereocenters. The fourth-order valence-electron chi connectivity index (χ4n) is 3.31. The van der Waals surface area contributed by atoms with Gasteiger partial charge in [0.2, 0.25) is 0 Å². The first-order chi connectivity index (χ1) is 8.13. The number of nitrogens with two attached hydrogens (primary N) is 1. The van der Waals surface area contributed by atoms with Crippen LogP contribution in [0, 0.1) is 11.8 Å². The van der Waals surface area contributed by atoms with E-state index < -0.39 is 0 Å². The summed E-state index contributed by atoms with van der Waals surface area (Å²) in [5, 5.41) is 4.62. The second kappa shape index (κ2) is 4.25. The molecule has 17 heavy (non-hydrogen) atoms. The van der Waals surface area contributed by atoms with E-state index in [9.17, 15) is 0 Å². The fourth-order valence-corrected chi connectivity index (χ4v) is 3.64. The molecule has 0 spiro atoms. The van der Waals surface area contributed by atoms with E-state index in [2.05, 4.69) is 5.32 Å². The number of hydrogen-bond donors (Lipinski definition) is 2. The summed E-state index contributed by atoms with van der Waals surface area (Å²) >= 11 is 11.9. The highest BCUT2D eigenvalue weighted by atomic mass is 35.5. The van der Waals surface area contributed by atoms with Crippen molar-refractivity contribution in [2.45, 2.75) is 31.7 Å². The molecule has 1 aromatic carbocycles. The van der Waals surface area contributed by atoms with Gasteiger partial charge in [-0.15, -0.1) is 0 Å². The van der Waals surface area contributed by atoms with Gasteiger partial charge in [0, 0.05) is 6.04 Å². The Labute approximate surface area is 111 Å². The molecule has 2 aliphatic rings. The summed E-state index contributed by atoms with van der Waals surface area (Å²) in [6, 6.07) is 4.12. The maximum absolute atomic E-state index is 6.02. The van der Waals surface area contributed by atoms with Crippen LogP contribution < -0.4 is 11.1 Å². The molecule has 4 heteroatoms. The SMILES string of the molecule is Nc1cc(Cl)c(Cl)cc1NC1CC2CCC1C2. The molecular weight excluding hydrogens is 255 g/mol. The third-order valence-electron chi connectivity index (χ3n) is 4.17. The van der Waals surface area contributed by atoms with Gasteiger partial charge >= 0.3 is 0 Å². The molecule has 0 heterocycles. The summed E-state index contributed by atoms with van der Waals surface area (Å²) < 4.78 is 0. The van der Waals surface area contributed by atoms with Crippen LogP contribution in [0.2, 0.25) is 10.0 Å². The summed E-state index contributed by atoms with van der Waals surface area (Å²) in [7, 11) is 0. The Morgan fingerprint density at radius 2 is 1.88 bits per heavy atom. The van der Waals surface area contributed by atoms with Crippen LogP contribution in [-0.4, -0.2) is 6.04 Å². The molecule has 2 bridgehead atoms. The third kappa shape index (κ3) is 2.09. The molecule has 3 unspecified atom stereocenters. The zero-order valence-electron chi connectivity index (χ0n) is 9.55. The smallest absolute Gasteiger partial charge is 0.0614 e. The highest BCUT2D eigenvalue weighted by Gasteiger charge is 2.39. The Balaban J connectivity index is 1.79. The Morgan fingerprint density at radius 3 is 2.53 bits per heavy atom. The number of rotatable bonds is 2. The standard InChI is InChI=1S/C13H16Cl2N2/c14-9-5-11(16)13(6-10(9)15)17-12-4-7-1-2-8(12)3-7/h5-8,12,17H,1-4,16H2. The van der Waals surface area contributed by atoms with Crippen LogP contribution in [0.1, 0.15) is 25.7 Å². The van der Waals surface area contributed by atoms with E-state index in [1.165, 1.54) is 25.7 Å². The predicted molar refractivity (Wildman–Crippen MR) is 73.7 cm³/mol. The molecule has 0 saturated heterocycles. The molecule has 3 N–H and O–H groups in total. The molecule has 2 saturated carbocycles. The molecule has 0 aromatic heterocycles. The van der Waals surface area contributed by atoms with Crippen LogP contribution in [-0.2, 0) is 0 Å². The van der Waals surface area contributed by atoms with E-state index in [1.54, 1.807) is 6.07 Å². The normalized spacial score (nSPS) is 30.8. The third-order valence-corrected chi connectivity index (χ3v) is 4.89. The summed E-state index contributed by atoms with van der Waals surface area (Å²) in [5.74, 6) is 1.73. The lowest BCUT2D eigenvalue weighted by Gasteiger charge is -2.25. The van der Waals surface area contributed by atoms with Crippen molar-refractivity contribution in [1.82, 2.24) is 0 Å². The molecule has 2 aliphatic carbocycles. The van der Waals surface area contributed by atoms with Crippen molar-refractivity contribution in [3.8, 4) is 0 Å². The van der Waals surface area contributed by atoms with E-state index in [0.717, 1.165) is 17.5 Å². The molecular formula is C13H16Cl2N2. The highest BCUT2D eigenvalue weighted by molar-refractivity contribution is 6.42. The van der Waals surface area contributed by atoms with Gasteiger partial charge in [0.05, 0.1) is 21.4 Å². The lowest BCUT2D eigenvalue weighted by atomic mass is 9.95. The Bertz CT molecular complexity index is 447. The quantitative estimate of drug-likeness (QED) is 0.792. The molecule has 0 radical (unpaired) electrons.